The van der Waals surface area contributed by atoms with Crippen LogP contribution in [0.4, 0.5) is 0 Å². The smallest absolute Gasteiger partial charge is 0.0690 e. The SMILES string of the molecule is CC(C)c1ccc[c]c1CO. The molecule has 1 heteroatoms. The van der Waals surface area contributed by atoms with Gasteiger partial charge in [-0.25, -0.2) is 0 Å². The summed E-state index contributed by atoms with van der Waals surface area (Å²) in [4.78, 5) is 0. The number of hydrogen-bond acceptors (Lipinski definition) is 1. The minimum atomic E-state index is 0.0916. The molecule has 0 heterocycles. The topological polar surface area (TPSA) is 20.2 Å². The third-order valence-corrected chi connectivity index (χ3v) is 1.76. The first-order valence-electron chi connectivity index (χ1n) is 3.86. The zero-order valence-corrected chi connectivity index (χ0v) is 6.96. The van der Waals surface area contributed by atoms with Crippen molar-refractivity contribution >= 4 is 0 Å². The van der Waals surface area contributed by atoms with Crippen molar-refractivity contribution in [3.05, 3.63) is 35.4 Å². The molecule has 0 atom stereocenters. The minimum absolute atomic E-state index is 0.0916. The normalized spacial score (nSPS) is 10.5. The van der Waals surface area contributed by atoms with Crippen LogP contribution in [0.5, 0.6) is 0 Å². The van der Waals surface area contributed by atoms with Crippen LogP contribution in [0, 0.1) is 6.07 Å². The second kappa shape index (κ2) is 3.54. The molecule has 0 aromatic heterocycles. The maximum atomic E-state index is 8.94. The van der Waals surface area contributed by atoms with Crippen molar-refractivity contribution in [3.8, 4) is 0 Å². The van der Waals surface area contributed by atoms with E-state index < -0.39 is 0 Å². The van der Waals surface area contributed by atoms with Gasteiger partial charge in [-0.15, -0.1) is 0 Å². The highest BCUT2D eigenvalue weighted by Crippen LogP contribution is 2.18. The van der Waals surface area contributed by atoms with E-state index in [1.54, 1.807) is 0 Å². The molecule has 1 radical (unpaired) electrons. The van der Waals surface area contributed by atoms with Gasteiger partial charge >= 0.3 is 0 Å². The molecule has 0 saturated carbocycles. The van der Waals surface area contributed by atoms with Crippen molar-refractivity contribution in [2.75, 3.05) is 0 Å². The molecule has 0 fully saturated rings. The monoisotopic (exact) mass is 149 g/mol. The van der Waals surface area contributed by atoms with E-state index in [9.17, 15) is 0 Å². The van der Waals surface area contributed by atoms with Crippen LogP contribution in [0.2, 0.25) is 0 Å². The van der Waals surface area contributed by atoms with Crippen LogP contribution >= 0.6 is 0 Å². The highest BCUT2D eigenvalue weighted by Gasteiger charge is 2.03. The predicted molar refractivity (Wildman–Crippen MR) is 45.3 cm³/mol. The molecule has 1 aromatic carbocycles. The lowest BCUT2D eigenvalue weighted by Gasteiger charge is -2.08. The quantitative estimate of drug-likeness (QED) is 0.682. The van der Waals surface area contributed by atoms with Gasteiger partial charge in [-0.05, 0) is 23.1 Å². The van der Waals surface area contributed by atoms with Gasteiger partial charge in [-0.1, -0.05) is 32.0 Å². The summed E-state index contributed by atoms with van der Waals surface area (Å²) in [6, 6.07) is 8.84. The van der Waals surface area contributed by atoms with Crippen LogP contribution in [0.25, 0.3) is 0 Å². The predicted octanol–water partition coefficient (Wildman–Crippen LogP) is 2.10. The Morgan fingerprint density at radius 2 is 2.27 bits per heavy atom. The molecule has 0 saturated heterocycles. The first-order chi connectivity index (χ1) is 5.25. The highest BCUT2D eigenvalue weighted by molar-refractivity contribution is 5.27. The van der Waals surface area contributed by atoms with Gasteiger partial charge in [0.15, 0.2) is 0 Å². The Morgan fingerprint density at radius 3 is 2.73 bits per heavy atom. The molecule has 0 aliphatic rings. The van der Waals surface area contributed by atoms with Gasteiger partial charge in [0.25, 0.3) is 0 Å². The average molecular weight is 149 g/mol. The van der Waals surface area contributed by atoms with Crippen molar-refractivity contribution in [2.45, 2.75) is 26.4 Å². The summed E-state index contributed by atoms with van der Waals surface area (Å²) in [5.74, 6) is 0.467. The maximum Gasteiger partial charge on any atom is 0.0690 e. The Bertz CT molecular complexity index is 228. The van der Waals surface area contributed by atoms with Gasteiger partial charge in [0.05, 0.1) is 6.61 Å². The Morgan fingerprint density at radius 1 is 1.55 bits per heavy atom. The number of aliphatic hydroxyl groups is 1. The van der Waals surface area contributed by atoms with E-state index in [0.29, 0.717) is 5.92 Å². The molecule has 0 amide bonds. The Hall–Kier alpha value is -0.820. The summed E-state index contributed by atoms with van der Waals surface area (Å²) in [5.41, 5.74) is 2.11. The zero-order valence-electron chi connectivity index (χ0n) is 6.96. The lowest BCUT2D eigenvalue weighted by molar-refractivity contribution is 0.280. The van der Waals surface area contributed by atoms with Gasteiger partial charge < -0.3 is 5.11 Å². The van der Waals surface area contributed by atoms with Crippen molar-refractivity contribution in [3.63, 3.8) is 0 Å². The fourth-order valence-corrected chi connectivity index (χ4v) is 1.16. The van der Waals surface area contributed by atoms with Crippen molar-refractivity contribution < 1.29 is 5.11 Å². The first kappa shape index (κ1) is 8.28. The molecular formula is C10H13O. The van der Waals surface area contributed by atoms with Gasteiger partial charge in [-0.3, -0.25) is 0 Å². The van der Waals surface area contributed by atoms with E-state index in [1.807, 2.05) is 18.2 Å². The van der Waals surface area contributed by atoms with Crippen LogP contribution in [0.3, 0.4) is 0 Å². The van der Waals surface area contributed by atoms with Gasteiger partial charge in [0.2, 0.25) is 0 Å². The summed E-state index contributed by atoms with van der Waals surface area (Å²) in [5, 5.41) is 8.94. The van der Waals surface area contributed by atoms with Gasteiger partial charge in [0.1, 0.15) is 0 Å². The van der Waals surface area contributed by atoms with E-state index >= 15 is 0 Å². The second-order valence-corrected chi connectivity index (χ2v) is 2.92. The van der Waals surface area contributed by atoms with Gasteiger partial charge in [-0.2, -0.15) is 0 Å². The molecule has 0 aliphatic heterocycles. The van der Waals surface area contributed by atoms with E-state index in [0.717, 1.165) is 5.56 Å². The lowest BCUT2D eigenvalue weighted by atomic mass is 9.98. The number of aliphatic hydroxyl groups excluding tert-OH is 1. The Balaban J connectivity index is 3.02. The highest BCUT2D eigenvalue weighted by atomic mass is 16.3. The number of hydrogen-bond donors (Lipinski definition) is 1. The van der Waals surface area contributed by atoms with Crippen LogP contribution in [-0.2, 0) is 6.61 Å². The Kier molecular flexibility index (Phi) is 2.66. The molecule has 1 N–H and O–H groups in total. The summed E-state index contributed by atoms with van der Waals surface area (Å²) in [6.45, 7) is 4.32. The van der Waals surface area contributed by atoms with Crippen LogP contribution < -0.4 is 0 Å². The standard InChI is InChI=1S/C10H13O/c1-8(2)10-6-4-3-5-9(10)7-11/h3-4,6,8,11H,7H2,1-2H3. The van der Waals surface area contributed by atoms with Crippen molar-refractivity contribution in [1.29, 1.82) is 0 Å². The van der Waals surface area contributed by atoms with E-state index in [2.05, 4.69) is 19.9 Å². The molecule has 1 aromatic rings. The zero-order chi connectivity index (χ0) is 8.27. The molecule has 0 unspecified atom stereocenters. The summed E-state index contributed by atoms with van der Waals surface area (Å²) < 4.78 is 0. The van der Waals surface area contributed by atoms with E-state index in [1.165, 1.54) is 5.56 Å². The Labute approximate surface area is 67.7 Å². The van der Waals surface area contributed by atoms with Crippen LogP contribution in [0.1, 0.15) is 30.9 Å². The molecule has 1 nitrogen and oxygen atoms in total. The van der Waals surface area contributed by atoms with E-state index in [4.69, 9.17) is 5.11 Å². The fraction of sp³-hybridized carbons (Fsp3) is 0.400. The fourth-order valence-electron chi connectivity index (χ4n) is 1.16. The third kappa shape index (κ3) is 1.81. The van der Waals surface area contributed by atoms with Crippen molar-refractivity contribution in [2.24, 2.45) is 0 Å². The van der Waals surface area contributed by atoms with E-state index in [-0.39, 0.29) is 6.61 Å². The first-order valence-corrected chi connectivity index (χ1v) is 3.86. The maximum absolute atomic E-state index is 8.94. The minimum Gasteiger partial charge on any atom is -0.392 e. The third-order valence-electron chi connectivity index (χ3n) is 1.76. The van der Waals surface area contributed by atoms with Crippen molar-refractivity contribution in [1.82, 2.24) is 0 Å². The molecule has 59 valence electrons. The lowest BCUT2D eigenvalue weighted by Crippen LogP contribution is -1.95. The summed E-state index contributed by atoms with van der Waals surface area (Å²) in [7, 11) is 0. The van der Waals surface area contributed by atoms with Crippen LogP contribution in [-0.4, -0.2) is 5.11 Å². The number of benzene rings is 1. The van der Waals surface area contributed by atoms with Gasteiger partial charge in [0, 0.05) is 0 Å². The van der Waals surface area contributed by atoms with Crippen LogP contribution in [0.15, 0.2) is 18.2 Å². The second-order valence-electron chi connectivity index (χ2n) is 2.92. The molecule has 0 bridgehead atoms. The molecule has 0 aliphatic carbocycles. The largest absolute Gasteiger partial charge is 0.392 e. The summed E-state index contributed by atoms with van der Waals surface area (Å²) in [6.07, 6.45) is 0. The molecule has 0 spiro atoms. The number of rotatable bonds is 2. The summed E-state index contributed by atoms with van der Waals surface area (Å²) >= 11 is 0. The molecule has 11 heavy (non-hydrogen) atoms. The molecule has 1 rings (SSSR count). The average Bonchev–Trinajstić information content (AvgIpc) is 2.04. The molecular weight excluding hydrogens is 136 g/mol.